The molecule has 0 aliphatic rings. The average molecular weight is 298 g/mol. The monoisotopic (exact) mass is 298 g/mol. The minimum atomic E-state index is -3.17. The van der Waals surface area contributed by atoms with Crippen molar-refractivity contribution in [2.45, 2.75) is 31.6 Å². The number of carbonyl (C=O) groups excluding carboxylic acids is 1. The number of rotatable bonds is 5. The minimum absolute atomic E-state index is 0.113. The van der Waals surface area contributed by atoms with Crippen LogP contribution in [0.15, 0.2) is 24.3 Å². The second-order valence-corrected chi connectivity index (χ2v) is 7.60. The molecule has 0 radical (unpaired) electrons. The largest absolute Gasteiger partial charge is 0.399 e. The lowest BCUT2D eigenvalue weighted by Crippen LogP contribution is -2.45. The molecule has 0 saturated carbocycles. The van der Waals surface area contributed by atoms with Gasteiger partial charge < -0.3 is 10.6 Å². The Balaban J connectivity index is 2.74. The van der Waals surface area contributed by atoms with Crippen LogP contribution in [0.3, 0.4) is 0 Å². The number of nitrogen functional groups attached to an aromatic ring is 1. The minimum Gasteiger partial charge on any atom is -0.399 e. The van der Waals surface area contributed by atoms with Gasteiger partial charge in [-0.25, -0.2) is 8.42 Å². The highest BCUT2D eigenvalue weighted by Gasteiger charge is 2.27. The Morgan fingerprint density at radius 1 is 1.25 bits per heavy atom. The van der Waals surface area contributed by atoms with E-state index in [1.165, 1.54) is 11.2 Å². The summed E-state index contributed by atoms with van der Waals surface area (Å²) < 4.78 is 23.1. The SMILES string of the molecule is C[C@H]([C@H](C)N(C)C(=O)Cc1ccc(N)cc1)S(C)(=O)=O. The molecular formula is C14H22N2O3S. The molecule has 1 aromatic rings. The van der Waals surface area contributed by atoms with E-state index in [4.69, 9.17) is 5.73 Å². The Bertz CT molecular complexity index is 567. The number of hydrogen-bond donors (Lipinski definition) is 1. The van der Waals surface area contributed by atoms with Crippen molar-refractivity contribution in [3.05, 3.63) is 29.8 Å². The molecule has 0 bridgehead atoms. The van der Waals surface area contributed by atoms with E-state index in [-0.39, 0.29) is 18.4 Å². The van der Waals surface area contributed by atoms with Gasteiger partial charge in [-0.2, -0.15) is 0 Å². The standard InChI is InChI=1S/C14H22N2O3S/c1-10(11(2)20(4,18)19)16(3)14(17)9-12-5-7-13(15)8-6-12/h5-8,10-11H,9,15H2,1-4H3/t10-,11+/m0/s1. The topological polar surface area (TPSA) is 80.5 Å². The molecule has 0 aliphatic heterocycles. The summed E-state index contributed by atoms with van der Waals surface area (Å²) >= 11 is 0. The third-order valence-electron chi connectivity index (χ3n) is 3.69. The lowest BCUT2D eigenvalue weighted by molar-refractivity contribution is -0.130. The van der Waals surface area contributed by atoms with Crippen molar-refractivity contribution in [2.75, 3.05) is 19.0 Å². The Labute approximate surface area is 120 Å². The molecular weight excluding hydrogens is 276 g/mol. The Morgan fingerprint density at radius 3 is 2.20 bits per heavy atom. The highest BCUT2D eigenvalue weighted by atomic mass is 32.2. The molecule has 112 valence electrons. The number of amides is 1. The molecule has 0 spiro atoms. The Hall–Kier alpha value is -1.56. The zero-order chi connectivity index (χ0) is 15.5. The van der Waals surface area contributed by atoms with Crippen LogP contribution in [0.25, 0.3) is 0 Å². The number of anilines is 1. The van der Waals surface area contributed by atoms with Crippen molar-refractivity contribution in [3.63, 3.8) is 0 Å². The zero-order valence-corrected chi connectivity index (χ0v) is 13.1. The van der Waals surface area contributed by atoms with Gasteiger partial charge in [0.2, 0.25) is 5.91 Å². The number of likely N-dealkylation sites (N-methyl/N-ethyl adjacent to an activating group) is 1. The molecule has 20 heavy (non-hydrogen) atoms. The normalized spacial score (nSPS) is 14.6. The highest BCUT2D eigenvalue weighted by Crippen LogP contribution is 2.13. The van der Waals surface area contributed by atoms with Gasteiger partial charge in [0, 0.05) is 25.0 Å². The number of nitrogens with two attached hydrogens (primary N) is 1. The van der Waals surface area contributed by atoms with Gasteiger partial charge in [-0.15, -0.1) is 0 Å². The summed E-state index contributed by atoms with van der Waals surface area (Å²) in [7, 11) is -1.54. The van der Waals surface area contributed by atoms with Gasteiger partial charge in [0.1, 0.15) is 0 Å². The van der Waals surface area contributed by atoms with E-state index < -0.39 is 15.1 Å². The Morgan fingerprint density at radius 2 is 1.75 bits per heavy atom. The van der Waals surface area contributed by atoms with Crippen molar-refractivity contribution in [1.29, 1.82) is 0 Å². The van der Waals surface area contributed by atoms with Crippen LogP contribution in [0, 0.1) is 0 Å². The summed E-state index contributed by atoms with van der Waals surface area (Å²) in [5.74, 6) is -0.113. The number of benzene rings is 1. The van der Waals surface area contributed by atoms with Crippen LogP contribution in [-0.4, -0.2) is 43.8 Å². The maximum Gasteiger partial charge on any atom is 0.227 e. The number of carbonyl (C=O) groups is 1. The summed E-state index contributed by atoms with van der Waals surface area (Å²) in [5, 5.41) is -0.595. The van der Waals surface area contributed by atoms with E-state index in [2.05, 4.69) is 0 Å². The first-order valence-electron chi connectivity index (χ1n) is 6.42. The summed E-state index contributed by atoms with van der Waals surface area (Å²) in [6.45, 7) is 3.36. The van der Waals surface area contributed by atoms with Crippen LogP contribution >= 0.6 is 0 Å². The average Bonchev–Trinajstić information content (AvgIpc) is 2.37. The molecule has 0 unspecified atom stereocenters. The highest BCUT2D eigenvalue weighted by molar-refractivity contribution is 7.91. The molecule has 0 saturated heterocycles. The van der Waals surface area contributed by atoms with Crippen LogP contribution < -0.4 is 5.73 Å². The zero-order valence-electron chi connectivity index (χ0n) is 12.3. The summed E-state index contributed by atoms with van der Waals surface area (Å²) in [6.07, 6.45) is 1.42. The summed E-state index contributed by atoms with van der Waals surface area (Å²) in [4.78, 5) is 13.7. The van der Waals surface area contributed by atoms with Gasteiger partial charge in [0.05, 0.1) is 11.7 Å². The van der Waals surface area contributed by atoms with Gasteiger partial charge in [-0.3, -0.25) is 4.79 Å². The molecule has 0 aliphatic carbocycles. The number of sulfone groups is 1. The van der Waals surface area contributed by atoms with E-state index in [0.717, 1.165) is 5.56 Å². The molecule has 0 aromatic heterocycles. The van der Waals surface area contributed by atoms with Crippen molar-refractivity contribution < 1.29 is 13.2 Å². The smallest absolute Gasteiger partial charge is 0.227 e. The van der Waals surface area contributed by atoms with E-state index in [1.54, 1.807) is 45.2 Å². The van der Waals surface area contributed by atoms with E-state index >= 15 is 0 Å². The molecule has 0 heterocycles. The van der Waals surface area contributed by atoms with Crippen LogP contribution in [-0.2, 0) is 21.1 Å². The Kier molecular flexibility index (Phi) is 5.16. The third kappa shape index (κ3) is 4.23. The summed E-state index contributed by atoms with van der Waals surface area (Å²) in [6, 6.07) is 6.71. The van der Waals surface area contributed by atoms with Crippen molar-refractivity contribution in [2.24, 2.45) is 0 Å². The van der Waals surface area contributed by atoms with Crippen molar-refractivity contribution >= 4 is 21.4 Å². The van der Waals surface area contributed by atoms with Gasteiger partial charge in [-0.1, -0.05) is 12.1 Å². The van der Waals surface area contributed by atoms with Gasteiger partial charge in [0.25, 0.3) is 0 Å². The first-order chi connectivity index (χ1) is 9.12. The molecule has 1 amide bonds. The predicted octanol–water partition coefficient (Wildman–Crippen LogP) is 1.09. The third-order valence-corrected chi connectivity index (χ3v) is 5.44. The molecule has 1 aromatic carbocycles. The molecule has 2 N–H and O–H groups in total. The first-order valence-corrected chi connectivity index (χ1v) is 8.37. The lowest BCUT2D eigenvalue weighted by Gasteiger charge is -2.29. The lowest BCUT2D eigenvalue weighted by atomic mass is 10.1. The molecule has 6 heteroatoms. The van der Waals surface area contributed by atoms with Crippen LogP contribution in [0.2, 0.25) is 0 Å². The predicted molar refractivity (Wildman–Crippen MR) is 81.1 cm³/mol. The molecule has 0 fully saturated rings. The maximum absolute atomic E-state index is 12.2. The summed E-state index contributed by atoms with van der Waals surface area (Å²) in [5.41, 5.74) is 7.09. The second-order valence-electron chi connectivity index (χ2n) is 5.20. The van der Waals surface area contributed by atoms with Gasteiger partial charge in [-0.05, 0) is 31.5 Å². The number of nitrogens with zero attached hydrogens (tertiary/aromatic N) is 1. The van der Waals surface area contributed by atoms with Crippen molar-refractivity contribution in [3.8, 4) is 0 Å². The molecule has 1 rings (SSSR count). The molecule has 2 atom stereocenters. The second kappa shape index (κ2) is 6.26. The maximum atomic E-state index is 12.2. The van der Waals surface area contributed by atoms with E-state index in [1.807, 2.05) is 0 Å². The van der Waals surface area contributed by atoms with Crippen LogP contribution in [0.4, 0.5) is 5.69 Å². The first kappa shape index (κ1) is 16.5. The van der Waals surface area contributed by atoms with Gasteiger partial charge >= 0.3 is 0 Å². The number of hydrogen-bond acceptors (Lipinski definition) is 4. The quantitative estimate of drug-likeness (QED) is 0.825. The van der Waals surface area contributed by atoms with Gasteiger partial charge in [0.15, 0.2) is 9.84 Å². The van der Waals surface area contributed by atoms with E-state index in [9.17, 15) is 13.2 Å². The molecule has 5 nitrogen and oxygen atoms in total. The van der Waals surface area contributed by atoms with E-state index in [0.29, 0.717) is 5.69 Å². The fourth-order valence-corrected chi connectivity index (χ4v) is 2.73. The van der Waals surface area contributed by atoms with Crippen LogP contribution in [0.5, 0.6) is 0 Å². The fourth-order valence-electron chi connectivity index (χ4n) is 1.83. The van der Waals surface area contributed by atoms with Crippen molar-refractivity contribution in [1.82, 2.24) is 4.90 Å². The van der Waals surface area contributed by atoms with Crippen LogP contribution in [0.1, 0.15) is 19.4 Å². The fraction of sp³-hybridized carbons (Fsp3) is 0.500.